The van der Waals surface area contributed by atoms with Crippen molar-refractivity contribution < 1.29 is 9.53 Å². The first kappa shape index (κ1) is 12.6. The van der Waals surface area contributed by atoms with Crippen LogP contribution in [0.4, 0.5) is 5.69 Å². The van der Waals surface area contributed by atoms with E-state index in [1.807, 2.05) is 30.3 Å². The molecular weight excluding hydrogens is 254 g/mol. The number of para-hydroxylation sites is 1. The lowest BCUT2D eigenvalue weighted by atomic mass is 9.85. The van der Waals surface area contributed by atoms with E-state index in [4.69, 9.17) is 4.74 Å². The predicted octanol–water partition coefficient (Wildman–Crippen LogP) is 3.01. The van der Waals surface area contributed by atoms with Crippen molar-refractivity contribution in [2.75, 3.05) is 5.32 Å². The Hall–Kier alpha value is -2.43. The summed E-state index contributed by atoms with van der Waals surface area (Å²) in [6, 6.07) is 9.58. The molecule has 0 aliphatic heterocycles. The molecule has 1 aromatic carbocycles. The molecule has 0 saturated heterocycles. The molecule has 3 rings (SSSR count). The summed E-state index contributed by atoms with van der Waals surface area (Å²) >= 11 is 0. The number of ether oxygens (including phenoxy) is 1. The van der Waals surface area contributed by atoms with Gasteiger partial charge in [0.1, 0.15) is 5.75 Å². The van der Waals surface area contributed by atoms with E-state index in [0.29, 0.717) is 11.4 Å². The molecule has 1 aliphatic rings. The van der Waals surface area contributed by atoms with Crippen molar-refractivity contribution in [3.05, 3.63) is 42.7 Å². The van der Waals surface area contributed by atoms with Gasteiger partial charge in [0.25, 0.3) is 0 Å². The zero-order valence-corrected chi connectivity index (χ0v) is 11.0. The molecule has 1 N–H and O–H groups in total. The van der Waals surface area contributed by atoms with Gasteiger partial charge in [-0.25, -0.2) is 9.97 Å². The van der Waals surface area contributed by atoms with Crippen LogP contribution < -0.4 is 10.1 Å². The fourth-order valence-corrected chi connectivity index (χ4v) is 1.94. The van der Waals surface area contributed by atoms with Crippen molar-refractivity contribution in [2.45, 2.75) is 19.3 Å². The Balaban J connectivity index is 1.61. The average Bonchev–Trinajstić information content (AvgIpc) is 2.40. The topological polar surface area (TPSA) is 64.1 Å². The van der Waals surface area contributed by atoms with Gasteiger partial charge in [-0.15, -0.1) is 0 Å². The minimum absolute atomic E-state index is 0.0524. The van der Waals surface area contributed by atoms with Crippen LogP contribution in [0.15, 0.2) is 42.7 Å². The van der Waals surface area contributed by atoms with Gasteiger partial charge in [0.2, 0.25) is 5.91 Å². The maximum atomic E-state index is 11.8. The van der Waals surface area contributed by atoms with Gasteiger partial charge < -0.3 is 10.1 Å². The molecular formula is C15H15N3O2. The highest BCUT2D eigenvalue weighted by molar-refractivity contribution is 5.92. The van der Waals surface area contributed by atoms with E-state index in [0.717, 1.165) is 19.3 Å². The number of benzene rings is 1. The number of rotatable bonds is 4. The van der Waals surface area contributed by atoms with Crippen LogP contribution in [0.2, 0.25) is 0 Å². The zero-order valence-electron chi connectivity index (χ0n) is 11.0. The number of nitrogens with zero attached hydrogens (tertiary/aromatic N) is 2. The quantitative estimate of drug-likeness (QED) is 0.926. The summed E-state index contributed by atoms with van der Waals surface area (Å²) in [5, 5.41) is 2.82. The van der Waals surface area contributed by atoms with Gasteiger partial charge in [-0.3, -0.25) is 4.79 Å². The summed E-state index contributed by atoms with van der Waals surface area (Å²) in [6.07, 6.45) is 6.20. The molecule has 0 radical (unpaired) electrons. The van der Waals surface area contributed by atoms with Crippen molar-refractivity contribution in [1.29, 1.82) is 0 Å². The van der Waals surface area contributed by atoms with Gasteiger partial charge in [-0.2, -0.15) is 0 Å². The third-order valence-electron chi connectivity index (χ3n) is 3.32. The molecule has 20 heavy (non-hydrogen) atoms. The van der Waals surface area contributed by atoms with Crippen LogP contribution >= 0.6 is 0 Å². The van der Waals surface area contributed by atoms with Gasteiger partial charge in [0.15, 0.2) is 0 Å². The second-order valence-corrected chi connectivity index (χ2v) is 4.79. The number of aromatic nitrogens is 2. The van der Waals surface area contributed by atoms with Gasteiger partial charge in [-0.05, 0) is 25.0 Å². The van der Waals surface area contributed by atoms with Crippen LogP contribution in [0.3, 0.4) is 0 Å². The Morgan fingerprint density at radius 3 is 2.45 bits per heavy atom. The molecule has 1 fully saturated rings. The lowest BCUT2D eigenvalue weighted by Gasteiger charge is -2.23. The van der Waals surface area contributed by atoms with E-state index in [9.17, 15) is 4.79 Å². The Morgan fingerprint density at radius 1 is 1.15 bits per heavy atom. The van der Waals surface area contributed by atoms with Crippen LogP contribution in [0, 0.1) is 5.92 Å². The van der Waals surface area contributed by atoms with Crippen LogP contribution in [0.5, 0.6) is 11.8 Å². The van der Waals surface area contributed by atoms with E-state index < -0.39 is 0 Å². The number of amides is 1. The number of hydrogen-bond acceptors (Lipinski definition) is 4. The first-order chi connectivity index (χ1) is 9.81. The first-order valence-electron chi connectivity index (χ1n) is 6.67. The van der Waals surface area contributed by atoms with Crippen molar-refractivity contribution in [3.8, 4) is 11.8 Å². The summed E-state index contributed by atoms with van der Waals surface area (Å²) in [6.45, 7) is 0. The van der Waals surface area contributed by atoms with Crippen LogP contribution in [-0.4, -0.2) is 15.9 Å². The molecule has 102 valence electrons. The molecule has 0 atom stereocenters. The number of anilines is 1. The Bertz CT molecular complexity index is 580. The second-order valence-electron chi connectivity index (χ2n) is 4.79. The molecule has 1 amide bonds. The van der Waals surface area contributed by atoms with Gasteiger partial charge in [0, 0.05) is 5.92 Å². The van der Waals surface area contributed by atoms with Gasteiger partial charge >= 0.3 is 6.01 Å². The van der Waals surface area contributed by atoms with E-state index >= 15 is 0 Å². The highest BCUT2D eigenvalue weighted by Crippen LogP contribution is 2.27. The zero-order chi connectivity index (χ0) is 13.8. The lowest BCUT2D eigenvalue weighted by Crippen LogP contribution is -2.28. The van der Waals surface area contributed by atoms with E-state index in [1.165, 1.54) is 0 Å². The highest BCUT2D eigenvalue weighted by atomic mass is 16.5. The molecule has 2 aromatic rings. The first-order valence-corrected chi connectivity index (χ1v) is 6.67. The van der Waals surface area contributed by atoms with E-state index in [1.54, 1.807) is 12.4 Å². The van der Waals surface area contributed by atoms with Crippen molar-refractivity contribution >= 4 is 11.6 Å². The normalized spacial score (nSPS) is 14.4. The third kappa shape index (κ3) is 2.93. The van der Waals surface area contributed by atoms with E-state index in [-0.39, 0.29) is 17.8 Å². The molecule has 0 spiro atoms. The highest BCUT2D eigenvalue weighted by Gasteiger charge is 2.25. The number of carbonyl (C=O) groups is 1. The maximum absolute atomic E-state index is 11.8. The summed E-state index contributed by atoms with van der Waals surface area (Å²) < 4.78 is 5.48. The molecule has 1 aliphatic carbocycles. The monoisotopic (exact) mass is 269 g/mol. The SMILES string of the molecule is O=C(Nc1cnc(Oc2ccccc2)nc1)C1CCC1. The number of nitrogens with one attached hydrogen (secondary N) is 1. The Kier molecular flexibility index (Phi) is 3.58. The standard InChI is InChI=1S/C15H15N3O2/c19-14(11-5-4-6-11)18-12-9-16-15(17-10-12)20-13-7-2-1-3-8-13/h1-3,7-11H,4-6H2,(H,18,19). The summed E-state index contributed by atoms with van der Waals surface area (Å²) in [4.78, 5) is 19.9. The molecule has 1 saturated carbocycles. The Morgan fingerprint density at radius 2 is 1.85 bits per heavy atom. The fourth-order valence-electron chi connectivity index (χ4n) is 1.94. The minimum Gasteiger partial charge on any atom is -0.424 e. The van der Waals surface area contributed by atoms with Crippen molar-refractivity contribution in [3.63, 3.8) is 0 Å². The fraction of sp³-hybridized carbons (Fsp3) is 0.267. The third-order valence-corrected chi connectivity index (χ3v) is 3.32. The number of carbonyl (C=O) groups excluding carboxylic acids is 1. The summed E-state index contributed by atoms with van der Waals surface area (Å²) in [5.41, 5.74) is 0.599. The lowest BCUT2D eigenvalue weighted by molar-refractivity contribution is -0.122. The van der Waals surface area contributed by atoms with Crippen molar-refractivity contribution in [1.82, 2.24) is 9.97 Å². The molecule has 5 nitrogen and oxygen atoms in total. The Labute approximate surface area is 117 Å². The van der Waals surface area contributed by atoms with Gasteiger partial charge in [0.05, 0.1) is 18.1 Å². The summed E-state index contributed by atoms with van der Waals surface area (Å²) in [7, 11) is 0. The van der Waals surface area contributed by atoms with Crippen LogP contribution in [0.1, 0.15) is 19.3 Å². The summed E-state index contributed by atoms with van der Waals surface area (Å²) in [5.74, 6) is 0.880. The minimum atomic E-state index is 0.0524. The molecule has 1 heterocycles. The molecule has 0 bridgehead atoms. The predicted molar refractivity (Wildman–Crippen MR) is 74.5 cm³/mol. The maximum Gasteiger partial charge on any atom is 0.322 e. The van der Waals surface area contributed by atoms with Crippen LogP contribution in [-0.2, 0) is 4.79 Å². The largest absolute Gasteiger partial charge is 0.424 e. The average molecular weight is 269 g/mol. The number of hydrogen-bond donors (Lipinski definition) is 1. The molecule has 1 aromatic heterocycles. The second kappa shape index (κ2) is 5.69. The molecule has 5 heteroatoms. The van der Waals surface area contributed by atoms with Gasteiger partial charge in [-0.1, -0.05) is 24.6 Å². The smallest absolute Gasteiger partial charge is 0.322 e. The van der Waals surface area contributed by atoms with Crippen LogP contribution in [0.25, 0.3) is 0 Å². The molecule has 0 unspecified atom stereocenters. The van der Waals surface area contributed by atoms with Crippen molar-refractivity contribution in [2.24, 2.45) is 5.92 Å². The van der Waals surface area contributed by atoms with E-state index in [2.05, 4.69) is 15.3 Å².